The number of ether oxygens (including phenoxy) is 2. The lowest BCUT2D eigenvalue weighted by Crippen LogP contribution is -2.05. The van der Waals surface area contributed by atoms with Gasteiger partial charge in [0.15, 0.2) is 11.5 Å². The fourth-order valence-electron chi connectivity index (χ4n) is 0.998. The molecule has 0 aliphatic carbocycles. The summed E-state index contributed by atoms with van der Waals surface area (Å²) in [6.07, 6.45) is 3.06. The van der Waals surface area contributed by atoms with E-state index in [9.17, 15) is 4.79 Å². The Hall–Kier alpha value is -1.84. The first-order valence-corrected chi connectivity index (χ1v) is 4.03. The van der Waals surface area contributed by atoms with Gasteiger partial charge >= 0.3 is 5.97 Å². The van der Waals surface area contributed by atoms with Crippen molar-refractivity contribution in [2.45, 2.75) is 6.92 Å². The molecule has 14 heavy (non-hydrogen) atoms. The fraction of sp³-hybridized carbons (Fsp3) is 0.200. The predicted octanol–water partition coefficient (Wildman–Crippen LogP) is 1.66. The molecule has 4 heteroatoms. The van der Waals surface area contributed by atoms with Crippen molar-refractivity contribution in [3.05, 3.63) is 24.5 Å². The van der Waals surface area contributed by atoms with Gasteiger partial charge in [-0.1, -0.05) is 6.58 Å². The first-order valence-electron chi connectivity index (χ1n) is 4.03. The van der Waals surface area contributed by atoms with Crippen LogP contribution in [-0.2, 0) is 4.79 Å². The van der Waals surface area contributed by atoms with Crippen LogP contribution in [-0.4, -0.2) is 18.1 Å². The molecule has 0 atom stereocenters. The van der Waals surface area contributed by atoms with Crippen molar-refractivity contribution >= 4 is 12.0 Å². The number of rotatable bonds is 3. The quantitative estimate of drug-likeness (QED) is 0.685. The molecule has 0 bridgehead atoms. The van der Waals surface area contributed by atoms with E-state index in [1.54, 1.807) is 12.3 Å². The summed E-state index contributed by atoms with van der Waals surface area (Å²) >= 11 is 0. The highest BCUT2D eigenvalue weighted by Gasteiger charge is 2.11. The van der Waals surface area contributed by atoms with E-state index in [2.05, 4.69) is 11.6 Å². The largest absolute Gasteiger partial charge is 0.493 e. The van der Waals surface area contributed by atoms with E-state index >= 15 is 0 Å². The molecule has 0 aromatic carbocycles. The SMILES string of the molecule is C=Cc1nccc(OC)c1OC(C)=O. The molecular weight excluding hydrogens is 182 g/mol. The van der Waals surface area contributed by atoms with Crippen molar-refractivity contribution in [3.8, 4) is 11.5 Å². The Morgan fingerprint density at radius 1 is 1.64 bits per heavy atom. The number of esters is 1. The van der Waals surface area contributed by atoms with Gasteiger partial charge in [-0.05, 0) is 6.08 Å². The summed E-state index contributed by atoms with van der Waals surface area (Å²) < 4.78 is 9.98. The lowest BCUT2D eigenvalue weighted by atomic mass is 10.3. The summed E-state index contributed by atoms with van der Waals surface area (Å²) in [4.78, 5) is 14.8. The second-order valence-corrected chi connectivity index (χ2v) is 2.53. The first-order chi connectivity index (χ1) is 6.69. The maximum Gasteiger partial charge on any atom is 0.308 e. The van der Waals surface area contributed by atoms with Gasteiger partial charge in [0.05, 0.1) is 7.11 Å². The average molecular weight is 193 g/mol. The zero-order valence-corrected chi connectivity index (χ0v) is 8.11. The van der Waals surface area contributed by atoms with Gasteiger partial charge in [-0.25, -0.2) is 0 Å². The van der Waals surface area contributed by atoms with Crippen LogP contribution in [0.15, 0.2) is 18.8 Å². The van der Waals surface area contributed by atoms with E-state index in [-0.39, 0.29) is 0 Å². The Morgan fingerprint density at radius 2 is 2.36 bits per heavy atom. The van der Waals surface area contributed by atoms with Gasteiger partial charge in [0.1, 0.15) is 5.69 Å². The summed E-state index contributed by atoms with van der Waals surface area (Å²) in [6.45, 7) is 4.88. The van der Waals surface area contributed by atoms with Crippen molar-refractivity contribution in [2.24, 2.45) is 0 Å². The number of methoxy groups -OCH3 is 1. The highest BCUT2D eigenvalue weighted by Crippen LogP contribution is 2.29. The molecule has 0 radical (unpaired) electrons. The second kappa shape index (κ2) is 4.41. The third kappa shape index (κ3) is 2.10. The van der Waals surface area contributed by atoms with Crippen molar-refractivity contribution in [1.29, 1.82) is 0 Å². The van der Waals surface area contributed by atoms with Crippen LogP contribution in [0, 0.1) is 0 Å². The highest BCUT2D eigenvalue weighted by molar-refractivity contribution is 5.72. The molecule has 0 unspecified atom stereocenters. The fourth-order valence-corrected chi connectivity index (χ4v) is 0.998. The zero-order chi connectivity index (χ0) is 10.6. The number of nitrogens with zero attached hydrogens (tertiary/aromatic N) is 1. The summed E-state index contributed by atoms with van der Waals surface area (Å²) in [5.41, 5.74) is 0.486. The highest BCUT2D eigenvalue weighted by atomic mass is 16.6. The molecule has 0 aliphatic heterocycles. The Bertz CT molecular complexity index is 360. The Labute approximate surface area is 82.2 Å². The van der Waals surface area contributed by atoms with Crippen LogP contribution in [0.5, 0.6) is 11.5 Å². The van der Waals surface area contributed by atoms with E-state index < -0.39 is 5.97 Å². The predicted molar refractivity (Wildman–Crippen MR) is 52.2 cm³/mol. The van der Waals surface area contributed by atoms with Crippen molar-refractivity contribution < 1.29 is 14.3 Å². The Balaban J connectivity index is 3.18. The Kier molecular flexibility index (Phi) is 3.23. The van der Waals surface area contributed by atoms with E-state index in [0.717, 1.165) is 0 Å². The molecule has 0 saturated heterocycles. The van der Waals surface area contributed by atoms with Gasteiger partial charge in [-0.3, -0.25) is 9.78 Å². The van der Waals surface area contributed by atoms with E-state index in [4.69, 9.17) is 9.47 Å². The summed E-state index contributed by atoms with van der Waals surface area (Å²) in [6, 6.07) is 1.62. The number of carbonyl (C=O) groups is 1. The van der Waals surface area contributed by atoms with E-state index in [1.165, 1.54) is 20.1 Å². The maximum atomic E-state index is 10.8. The van der Waals surface area contributed by atoms with E-state index in [0.29, 0.717) is 17.2 Å². The minimum absolute atomic E-state index is 0.303. The van der Waals surface area contributed by atoms with Crippen molar-refractivity contribution in [3.63, 3.8) is 0 Å². The number of hydrogen-bond acceptors (Lipinski definition) is 4. The molecule has 4 nitrogen and oxygen atoms in total. The van der Waals surface area contributed by atoms with Gasteiger partial charge in [-0.15, -0.1) is 0 Å². The number of aromatic nitrogens is 1. The molecule has 1 aromatic heterocycles. The lowest BCUT2D eigenvalue weighted by Gasteiger charge is -2.09. The van der Waals surface area contributed by atoms with Gasteiger partial charge in [0.2, 0.25) is 0 Å². The number of pyridine rings is 1. The average Bonchev–Trinajstić information content (AvgIpc) is 2.17. The molecule has 1 rings (SSSR count). The van der Waals surface area contributed by atoms with Crippen LogP contribution in [0.3, 0.4) is 0 Å². The molecule has 0 aliphatic rings. The van der Waals surface area contributed by atoms with Crippen LogP contribution in [0.1, 0.15) is 12.6 Å². The summed E-state index contributed by atoms with van der Waals surface area (Å²) in [5.74, 6) is 0.349. The molecule has 1 heterocycles. The van der Waals surface area contributed by atoms with Crippen molar-refractivity contribution in [2.75, 3.05) is 7.11 Å². The van der Waals surface area contributed by atoms with Crippen LogP contribution < -0.4 is 9.47 Å². The standard InChI is InChI=1S/C10H11NO3/c1-4-8-10(14-7(2)12)9(13-3)5-6-11-8/h4-6H,1H2,2-3H3. The third-order valence-electron chi connectivity index (χ3n) is 1.56. The van der Waals surface area contributed by atoms with Crippen LogP contribution >= 0.6 is 0 Å². The van der Waals surface area contributed by atoms with Gasteiger partial charge < -0.3 is 9.47 Å². The third-order valence-corrected chi connectivity index (χ3v) is 1.56. The van der Waals surface area contributed by atoms with Gasteiger partial charge in [0, 0.05) is 19.2 Å². The Morgan fingerprint density at radius 3 is 2.86 bits per heavy atom. The molecule has 0 fully saturated rings. The van der Waals surface area contributed by atoms with Gasteiger partial charge in [0.25, 0.3) is 0 Å². The molecule has 74 valence electrons. The smallest absolute Gasteiger partial charge is 0.308 e. The monoisotopic (exact) mass is 193 g/mol. The van der Waals surface area contributed by atoms with E-state index in [1.807, 2.05) is 0 Å². The number of hydrogen-bond donors (Lipinski definition) is 0. The molecule has 0 saturated carbocycles. The molecule has 1 aromatic rings. The molecule has 0 amide bonds. The minimum Gasteiger partial charge on any atom is -0.493 e. The first kappa shape index (κ1) is 10.2. The van der Waals surface area contributed by atoms with Crippen molar-refractivity contribution in [1.82, 2.24) is 4.98 Å². The molecule has 0 N–H and O–H groups in total. The van der Waals surface area contributed by atoms with Crippen LogP contribution in [0.4, 0.5) is 0 Å². The topological polar surface area (TPSA) is 48.4 Å². The normalized spacial score (nSPS) is 9.29. The lowest BCUT2D eigenvalue weighted by molar-refractivity contribution is -0.132. The summed E-state index contributed by atoms with van der Waals surface area (Å²) in [7, 11) is 1.50. The maximum absolute atomic E-state index is 10.8. The van der Waals surface area contributed by atoms with Crippen LogP contribution in [0.2, 0.25) is 0 Å². The second-order valence-electron chi connectivity index (χ2n) is 2.53. The van der Waals surface area contributed by atoms with Gasteiger partial charge in [-0.2, -0.15) is 0 Å². The minimum atomic E-state index is -0.417. The van der Waals surface area contributed by atoms with Crippen LogP contribution in [0.25, 0.3) is 6.08 Å². The number of carbonyl (C=O) groups excluding carboxylic acids is 1. The zero-order valence-electron chi connectivity index (χ0n) is 8.11. The molecule has 0 spiro atoms. The molecular formula is C10H11NO3. The summed E-state index contributed by atoms with van der Waals surface area (Å²) in [5, 5.41) is 0.